The summed E-state index contributed by atoms with van der Waals surface area (Å²) in [5, 5.41) is 50.0. The molecule has 1 saturated carbocycles. The summed E-state index contributed by atoms with van der Waals surface area (Å²) in [4.78, 5) is 35.6. The first kappa shape index (κ1) is 53.6. The number of allylic oxidation sites excluding steroid dienone is 10. The van der Waals surface area contributed by atoms with Gasteiger partial charge in [0.1, 0.15) is 43.2 Å². The Labute approximate surface area is 347 Å². The lowest BCUT2D eigenvalue weighted by Gasteiger charge is -2.41. The van der Waals surface area contributed by atoms with E-state index >= 15 is 0 Å². The van der Waals surface area contributed by atoms with Gasteiger partial charge in [0.15, 0.2) is 6.10 Å². The van der Waals surface area contributed by atoms with Gasteiger partial charge in [0.2, 0.25) is 0 Å². The first-order chi connectivity index (χ1) is 27.9. The lowest BCUT2D eigenvalue weighted by atomic mass is 9.85. The van der Waals surface area contributed by atoms with E-state index in [2.05, 4.69) is 74.6 Å². The van der Waals surface area contributed by atoms with Crippen LogP contribution in [0.5, 0.6) is 0 Å². The number of esters is 2. The molecule has 1 fully saturated rings. The zero-order valence-electron chi connectivity index (χ0n) is 35.1. The minimum atomic E-state index is -5.13. The van der Waals surface area contributed by atoms with E-state index in [1.54, 1.807) is 0 Å². The zero-order valence-corrected chi connectivity index (χ0v) is 36.0. The molecule has 1 rings (SSSR count). The Hall–Kier alpha value is -2.45. The number of carbonyl (C=O) groups is 2. The van der Waals surface area contributed by atoms with Crippen molar-refractivity contribution in [3.8, 4) is 0 Å². The molecule has 6 unspecified atom stereocenters. The number of hydrogen-bond acceptors (Lipinski definition) is 12. The van der Waals surface area contributed by atoms with Gasteiger partial charge in [-0.1, -0.05) is 120 Å². The Balaban J connectivity index is 2.55. The molecule has 0 heterocycles. The van der Waals surface area contributed by atoms with E-state index in [0.717, 1.165) is 77.0 Å². The van der Waals surface area contributed by atoms with Gasteiger partial charge in [-0.25, -0.2) is 4.57 Å². The summed E-state index contributed by atoms with van der Waals surface area (Å²) < 4.78 is 33.4. The summed E-state index contributed by atoms with van der Waals surface area (Å²) in [6.45, 7) is 3.16. The molecule has 8 atom stereocenters. The van der Waals surface area contributed by atoms with Crippen molar-refractivity contribution in [2.75, 3.05) is 13.2 Å². The Morgan fingerprint density at radius 3 is 1.50 bits per heavy atom. The van der Waals surface area contributed by atoms with E-state index in [0.29, 0.717) is 12.8 Å². The van der Waals surface area contributed by atoms with Crippen LogP contribution in [0.3, 0.4) is 0 Å². The molecule has 1 aliphatic rings. The molecule has 58 heavy (non-hydrogen) atoms. The van der Waals surface area contributed by atoms with Crippen LogP contribution in [0.15, 0.2) is 60.8 Å². The number of phosphoric ester groups is 1. The minimum absolute atomic E-state index is 0.0422. The van der Waals surface area contributed by atoms with Gasteiger partial charge in [-0.15, -0.1) is 0 Å². The van der Waals surface area contributed by atoms with Crippen LogP contribution in [-0.4, -0.2) is 98.3 Å². The maximum atomic E-state index is 12.8. The Bertz CT molecular complexity index is 1250. The van der Waals surface area contributed by atoms with Gasteiger partial charge >= 0.3 is 19.8 Å². The standard InChI is InChI=1S/C44H75O13P/c1-3-5-7-9-11-13-15-17-19-21-23-25-27-29-31-33-38(46)56-36(35-55-58(52,53)57-44-42(50)40(48)39(47)41(49)43(44)51)34-54-37(45)32-30-28-26-24-22-20-18-16-14-12-10-8-6-4-2/h10-13,16-19,23,25,36,39-44,47-51H,3-9,14-15,20-22,24,26-35H2,1-2H3,(H,52,53)/b12-10+,13-11+,18-16+,19-17+,25-23+/t36-,39?,40-,41?,42?,43?,44?/m0/s1. The highest BCUT2D eigenvalue weighted by atomic mass is 31.2. The summed E-state index contributed by atoms with van der Waals surface area (Å²) in [6, 6.07) is 0. The molecule has 13 nitrogen and oxygen atoms in total. The largest absolute Gasteiger partial charge is 0.472 e. The van der Waals surface area contributed by atoms with Crippen LogP contribution >= 0.6 is 7.82 Å². The molecule has 334 valence electrons. The fourth-order valence-corrected chi connectivity index (χ4v) is 6.99. The van der Waals surface area contributed by atoms with Crippen LogP contribution in [0.4, 0.5) is 0 Å². The fraction of sp³-hybridized carbons (Fsp3) is 0.727. The van der Waals surface area contributed by atoms with Crippen molar-refractivity contribution in [2.24, 2.45) is 0 Å². The highest BCUT2D eigenvalue weighted by Crippen LogP contribution is 2.47. The second-order valence-corrected chi connectivity index (χ2v) is 16.2. The first-order valence-electron chi connectivity index (χ1n) is 21.6. The van der Waals surface area contributed by atoms with Gasteiger partial charge in [0, 0.05) is 12.8 Å². The summed E-state index contributed by atoms with van der Waals surface area (Å²) >= 11 is 0. The summed E-state index contributed by atoms with van der Waals surface area (Å²) in [6.07, 6.45) is 27.1. The van der Waals surface area contributed by atoms with Gasteiger partial charge in [0.05, 0.1) is 6.61 Å². The Morgan fingerprint density at radius 2 is 0.948 bits per heavy atom. The molecule has 0 aliphatic heterocycles. The van der Waals surface area contributed by atoms with Crippen LogP contribution in [-0.2, 0) is 32.7 Å². The van der Waals surface area contributed by atoms with Crippen molar-refractivity contribution >= 4 is 19.8 Å². The van der Waals surface area contributed by atoms with Crippen molar-refractivity contribution in [3.05, 3.63) is 60.8 Å². The molecule has 0 bridgehead atoms. The monoisotopic (exact) mass is 842 g/mol. The van der Waals surface area contributed by atoms with E-state index < -0.39 is 75.7 Å². The molecule has 0 saturated heterocycles. The van der Waals surface area contributed by atoms with E-state index in [9.17, 15) is 44.6 Å². The molecule has 6 N–H and O–H groups in total. The molecule has 0 aromatic rings. The molecular weight excluding hydrogens is 767 g/mol. The molecule has 14 heteroatoms. The minimum Gasteiger partial charge on any atom is -0.462 e. The number of ether oxygens (including phenoxy) is 2. The van der Waals surface area contributed by atoms with Crippen molar-refractivity contribution < 1.29 is 63.1 Å². The topological polar surface area (TPSA) is 210 Å². The van der Waals surface area contributed by atoms with Gasteiger partial charge in [0.25, 0.3) is 0 Å². The molecule has 1 aliphatic carbocycles. The number of carbonyl (C=O) groups excluding carboxylic acids is 2. The SMILES string of the molecule is CCCC/C=C/C/C=C/CCCCCCCC(=O)OC[C@@H](COP(=O)(O)OC1C(O)C(O)C(O)[C@H](O)C1O)OC(=O)CCCC/C=C/C/C=C/C/C=C/CCCCC. The second kappa shape index (κ2) is 34.3. The normalized spacial score (nSPS) is 23.1. The third-order valence-electron chi connectivity index (χ3n) is 9.58. The lowest BCUT2D eigenvalue weighted by molar-refractivity contribution is -0.220. The summed E-state index contributed by atoms with van der Waals surface area (Å²) in [7, 11) is -5.13. The smallest absolute Gasteiger partial charge is 0.462 e. The predicted octanol–water partition coefficient (Wildman–Crippen LogP) is 7.77. The molecule has 0 radical (unpaired) electrons. The average molecular weight is 843 g/mol. The zero-order chi connectivity index (χ0) is 42.9. The maximum Gasteiger partial charge on any atom is 0.472 e. The third-order valence-corrected chi connectivity index (χ3v) is 10.6. The van der Waals surface area contributed by atoms with Crippen molar-refractivity contribution in [3.63, 3.8) is 0 Å². The van der Waals surface area contributed by atoms with Crippen LogP contribution in [0.2, 0.25) is 0 Å². The number of aliphatic hydroxyl groups excluding tert-OH is 5. The van der Waals surface area contributed by atoms with E-state index in [1.165, 1.54) is 32.1 Å². The number of unbranched alkanes of at least 4 members (excludes halogenated alkanes) is 12. The van der Waals surface area contributed by atoms with E-state index in [1.807, 2.05) is 0 Å². The predicted molar refractivity (Wildman–Crippen MR) is 226 cm³/mol. The summed E-state index contributed by atoms with van der Waals surface area (Å²) in [5.74, 6) is -1.17. The van der Waals surface area contributed by atoms with Gasteiger partial charge in [-0.05, 0) is 77.0 Å². The highest BCUT2D eigenvalue weighted by Gasteiger charge is 2.51. The van der Waals surface area contributed by atoms with Crippen LogP contribution in [0, 0.1) is 0 Å². The molecule has 0 spiro atoms. The lowest BCUT2D eigenvalue weighted by Crippen LogP contribution is -2.64. The number of phosphoric acid groups is 1. The van der Waals surface area contributed by atoms with Crippen molar-refractivity contribution in [2.45, 2.75) is 191 Å². The van der Waals surface area contributed by atoms with E-state index in [-0.39, 0.29) is 12.8 Å². The Morgan fingerprint density at radius 1 is 0.534 bits per heavy atom. The highest BCUT2D eigenvalue weighted by molar-refractivity contribution is 7.47. The average Bonchev–Trinajstić information content (AvgIpc) is 3.20. The first-order valence-corrected chi connectivity index (χ1v) is 23.1. The second-order valence-electron chi connectivity index (χ2n) is 14.8. The van der Waals surface area contributed by atoms with Gasteiger partial charge in [-0.3, -0.25) is 18.6 Å². The maximum absolute atomic E-state index is 12.8. The van der Waals surface area contributed by atoms with Crippen LogP contribution < -0.4 is 0 Å². The third kappa shape index (κ3) is 26.6. The van der Waals surface area contributed by atoms with E-state index in [4.69, 9.17) is 18.5 Å². The van der Waals surface area contributed by atoms with Crippen LogP contribution in [0.25, 0.3) is 0 Å². The quantitative estimate of drug-likeness (QED) is 0.0159. The number of hydrogen-bond donors (Lipinski definition) is 6. The molecule has 0 amide bonds. The fourth-order valence-electron chi connectivity index (χ4n) is 6.01. The molecule has 0 aromatic carbocycles. The Kier molecular flexibility index (Phi) is 31.7. The summed E-state index contributed by atoms with van der Waals surface area (Å²) in [5.41, 5.74) is 0. The van der Waals surface area contributed by atoms with Crippen LogP contribution in [0.1, 0.15) is 149 Å². The molecule has 0 aromatic heterocycles. The van der Waals surface area contributed by atoms with Gasteiger partial charge < -0.3 is 39.9 Å². The molecular formula is C44H75O13P. The van der Waals surface area contributed by atoms with Crippen molar-refractivity contribution in [1.29, 1.82) is 0 Å². The number of rotatable bonds is 34. The van der Waals surface area contributed by atoms with Crippen molar-refractivity contribution in [1.82, 2.24) is 0 Å². The van der Waals surface area contributed by atoms with Gasteiger partial charge in [-0.2, -0.15) is 0 Å². The number of aliphatic hydroxyl groups is 5.